The minimum atomic E-state index is 0.678. The predicted molar refractivity (Wildman–Crippen MR) is 56.3 cm³/mol. The molecule has 14 heavy (non-hydrogen) atoms. The third-order valence-corrected chi connectivity index (χ3v) is 2.75. The number of pyridine rings is 1. The minimum absolute atomic E-state index is 0.678. The average molecular weight is 203 g/mol. The molecule has 0 spiro atoms. The SMILES string of the molecule is CCSc1nn2ccccc2c1C#N. The fourth-order valence-electron chi connectivity index (χ4n) is 1.32. The Bertz CT molecular complexity index is 496. The molecule has 0 aliphatic carbocycles. The van der Waals surface area contributed by atoms with Crippen LogP contribution in [0.25, 0.3) is 5.52 Å². The van der Waals surface area contributed by atoms with Crippen molar-refractivity contribution >= 4 is 17.3 Å². The second kappa shape index (κ2) is 3.72. The van der Waals surface area contributed by atoms with Gasteiger partial charge >= 0.3 is 0 Å². The number of fused-ring (bicyclic) bond motifs is 1. The lowest BCUT2D eigenvalue weighted by molar-refractivity contribution is 0.900. The van der Waals surface area contributed by atoms with Crippen molar-refractivity contribution in [3.63, 3.8) is 0 Å². The molecule has 0 N–H and O–H groups in total. The molecule has 2 aromatic heterocycles. The van der Waals surface area contributed by atoms with Crippen molar-refractivity contribution in [2.45, 2.75) is 11.9 Å². The number of thioether (sulfide) groups is 1. The molecule has 0 aromatic carbocycles. The predicted octanol–water partition coefficient (Wildman–Crippen LogP) is 2.32. The Morgan fingerprint density at radius 2 is 2.43 bits per heavy atom. The van der Waals surface area contributed by atoms with Gasteiger partial charge in [0.15, 0.2) is 0 Å². The zero-order chi connectivity index (χ0) is 9.97. The van der Waals surface area contributed by atoms with Gasteiger partial charge in [0, 0.05) is 6.20 Å². The molecule has 0 saturated heterocycles. The summed E-state index contributed by atoms with van der Waals surface area (Å²) in [6, 6.07) is 7.93. The summed E-state index contributed by atoms with van der Waals surface area (Å²) < 4.78 is 1.75. The highest BCUT2D eigenvalue weighted by Gasteiger charge is 2.10. The maximum absolute atomic E-state index is 9.02. The van der Waals surface area contributed by atoms with Crippen LogP contribution in [0.4, 0.5) is 0 Å². The lowest BCUT2D eigenvalue weighted by Gasteiger charge is -1.89. The third kappa shape index (κ3) is 1.36. The van der Waals surface area contributed by atoms with Crippen LogP contribution in [0.1, 0.15) is 12.5 Å². The van der Waals surface area contributed by atoms with Crippen LogP contribution in [0.3, 0.4) is 0 Å². The normalized spacial score (nSPS) is 10.3. The summed E-state index contributed by atoms with van der Waals surface area (Å²) in [4.78, 5) is 0. The monoisotopic (exact) mass is 203 g/mol. The van der Waals surface area contributed by atoms with Gasteiger partial charge in [0.05, 0.1) is 5.52 Å². The van der Waals surface area contributed by atoms with Crippen LogP contribution in [-0.4, -0.2) is 15.4 Å². The Kier molecular flexibility index (Phi) is 2.42. The van der Waals surface area contributed by atoms with Gasteiger partial charge in [-0.05, 0) is 17.9 Å². The van der Waals surface area contributed by atoms with Gasteiger partial charge in [-0.15, -0.1) is 11.8 Å². The second-order valence-electron chi connectivity index (χ2n) is 2.76. The van der Waals surface area contributed by atoms with E-state index in [0.717, 1.165) is 16.3 Å². The van der Waals surface area contributed by atoms with E-state index in [9.17, 15) is 0 Å². The standard InChI is InChI=1S/C10H9N3S/c1-2-14-10-8(7-11)9-5-3-4-6-13(9)12-10/h3-6H,2H2,1H3. The zero-order valence-corrected chi connectivity index (χ0v) is 8.58. The highest BCUT2D eigenvalue weighted by atomic mass is 32.2. The van der Waals surface area contributed by atoms with Gasteiger partial charge in [0.25, 0.3) is 0 Å². The van der Waals surface area contributed by atoms with Crippen LogP contribution in [0.15, 0.2) is 29.4 Å². The van der Waals surface area contributed by atoms with Gasteiger partial charge < -0.3 is 0 Å². The first-order chi connectivity index (χ1) is 6.86. The van der Waals surface area contributed by atoms with Crippen LogP contribution in [0, 0.1) is 11.3 Å². The lowest BCUT2D eigenvalue weighted by atomic mass is 10.3. The molecule has 0 saturated carbocycles. The minimum Gasteiger partial charge on any atom is -0.238 e. The van der Waals surface area contributed by atoms with Gasteiger partial charge in [-0.3, -0.25) is 0 Å². The molecule has 0 amide bonds. The van der Waals surface area contributed by atoms with E-state index < -0.39 is 0 Å². The lowest BCUT2D eigenvalue weighted by Crippen LogP contribution is -1.83. The van der Waals surface area contributed by atoms with Crippen molar-refractivity contribution in [2.24, 2.45) is 0 Å². The number of hydrogen-bond acceptors (Lipinski definition) is 3. The van der Waals surface area contributed by atoms with Crippen LogP contribution in [0.2, 0.25) is 0 Å². The molecule has 3 nitrogen and oxygen atoms in total. The van der Waals surface area contributed by atoms with Crippen molar-refractivity contribution in [3.8, 4) is 6.07 Å². The molecular formula is C10H9N3S. The quantitative estimate of drug-likeness (QED) is 0.703. The van der Waals surface area contributed by atoms with E-state index in [1.807, 2.05) is 24.4 Å². The van der Waals surface area contributed by atoms with E-state index in [1.165, 1.54) is 0 Å². The zero-order valence-electron chi connectivity index (χ0n) is 7.77. The van der Waals surface area contributed by atoms with E-state index in [2.05, 4.69) is 18.1 Å². The topological polar surface area (TPSA) is 41.1 Å². The van der Waals surface area contributed by atoms with Crippen LogP contribution >= 0.6 is 11.8 Å². The largest absolute Gasteiger partial charge is 0.238 e. The van der Waals surface area contributed by atoms with Crippen molar-refractivity contribution < 1.29 is 0 Å². The van der Waals surface area contributed by atoms with Crippen LogP contribution in [-0.2, 0) is 0 Å². The molecule has 0 fully saturated rings. The summed E-state index contributed by atoms with van der Waals surface area (Å²) in [5, 5.41) is 14.2. The second-order valence-corrected chi connectivity index (χ2v) is 4.01. The van der Waals surface area contributed by atoms with Crippen molar-refractivity contribution in [2.75, 3.05) is 5.75 Å². The first-order valence-corrected chi connectivity index (χ1v) is 5.35. The van der Waals surface area contributed by atoms with E-state index in [-0.39, 0.29) is 0 Å². The highest BCUT2D eigenvalue weighted by Crippen LogP contribution is 2.23. The fourth-order valence-corrected chi connectivity index (χ4v) is 2.03. The van der Waals surface area contributed by atoms with Gasteiger partial charge in [-0.25, -0.2) is 4.52 Å². The fraction of sp³-hybridized carbons (Fsp3) is 0.200. The Morgan fingerprint density at radius 1 is 1.57 bits per heavy atom. The van der Waals surface area contributed by atoms with Gasteiger partial charge in [-0.2, -0.15) is 10.4 Å². The van der Waals surface area contributed by atoms with E-state index in [1.54, 1.807) is 16.3 Å². The molecule has 0 atom stereocenters. The van der Waals surface area contributed by atoms with Crippen LogP contribution in [0.5, 0.6) is 0 Å². The molecule has 0 aliphatic rings. The maximum Gasteiger partial charge on any atom is 0.137 e. The van der Waals surface area contributed by atoms with Gasteiger partial charge in [-0.1, -0.05) is 13.0 Å². The first-order valence-electron chi connectivity index (χ1n) is 4.37. The molecule has 70 valence electrons. The number of aromatic nitrogens is 2. The van der Waals surface area contributed by atoms with Crippen LogP contribution < -0.4 is 0 Å². The third-order valence-electron chi connectivity index (χ3n) is 1.90. The maximum atomic E-state index is 9.02. The molecule has 0 radical (unpaired) electrons. The van der Waals surface area contributed by atoms with E-state index in [0.29, 0.717) is 5.56 Å². The molecular weight excluding hydrogens is 194 g/mol. The van der Waals surface area contributed by atoms with Crippen molar-refractivity contribution in [1.29, 1.82) is 5.26 Å². The Morgan fingerprint density at radius 3 is 3.14 bits per heavy atom. The molecule has 4 heteroatoms. The van der Waals surface area contributed by atoms with Gasteiger partial charge in [0.1, 0.15) is 16.7 Å². The first kappa shape index (κ1) is 9.10. The molecule has 2 rings (SSSR count). The number of nitrogens with zero attached hydrogens (tertiary/aromatic N) is 3. The molecule has 0 unspecified atom stereocenters. The highest BCUT2D eigenvalue weighted by molar-refractivity contribution is 7.99. The molecule has 0 bridgehead atoms. The van der Waals surface area contributed by atoms with Crippen molar-refractivity contribution in [1.82, 2.24) is 9.61 Å². The van der Waals surface area contributed by atoms with Crippen molar-refractivity contribution in [3.05, 3.63) is 30.0 Å². The smallest absolute Gasteiger partial charge is 0.137 e. The summed E-state index contributed by atoms with van der Waals surface area (Å²) in [5.41, 5.74) is 1.56. The summed E-state index contributed by atoms with van der Waals surface area (Å²) >= 11 is 1.60. The number of nitriles is 1. The Hall–Kier alpha value is -1.47. The number of rotatable bonds is 2. The summed E-state index contributed by atoms with van der Waals surface area (Å²) in [5.74, 6) is 0.929. The Labute approximate surface area is 86.3 Å². The van der Waals surface area contributed by atoms with Gasteiger partial charge in [0.2, 0.25) is 0 Å². The Balaban J connectivity index is 2.68. The average Bonchev–Trinajstić information content (AvgIpc) is 2.55. The van der Waals surface area contributed by atoms with E-state index in [4.69, 9.17) is 5.26 Å². The summed E-state index contributed by atoms with van der Waals surface area (Å²) in [7, 11) is 0. The summed E-state index contributed by atoms with van der Waals surface area (Å²) in [6.45, 7) is 2.05. The van der Waals surface area contributed by atoms with E-state index >= 15 is 0 Å². The molecule has 2 heterocycles. The summed E-state index contributed by atoms with van der Waals surface area (Å²) in [6.07, 6.45) is 1.86. The molecule has 0 aliphatic heterocycles. The number of hydrogen-bond donors (Lipinski definition) is 0. The molecule has 2 aromatic rings.